The van der Waals surface area contributed by atoms with Crippen molar-refractivity contribution < 1.29 is 4.79 Å². The lowest BCUT2D eigenvalue weighted by atomic mass is 9.93. The minimum absolute atomic E-state index is 0.0464. The summed E-state index contributed by atoms with van der Waals surface area (Å²) in [7, 11) is 0. The van der Waals surface area contributed by atoms with Crippen molar-refractivity contribution in [3.63, 3.8) is 0 Å². The van der Waals surface area contributed by atoms with Gasteiger partial charge < -0.3 is 16.0 Å². The highest BCUT2D eigenvalue weighted by Crippen LogP contribution is 2.62. The van der Waals surface area contributed by atoms with Crippen molar-refractivity contribution in [2.24, 2.45) is 17.1 Å². The molecule has 1 unspecified atom stereocenters. The van der Waals surface area contributed by atoms with Gasteiger partial charge in [-0.05, 0) is 57.3 Å². The van der Waals surface area contributed by atoms with Gasteiger partial charge in [0.05, 0.1) is 0 Å². The minimum Gasteiger partial charge on any atom is -0.325 e. The number of hydrogen-bond donors (Lipinski definition) is 3. The maximum Gasteiger partial charge on any atom is 0.262 e. The zero-order valence-electron chi connectivity index (χ0n) is 11.7. The molecular weight excluding hydrogens is 252 g/mol. The van der Waals surface area contributed by atoms with Crippen molar-refractivity contribution in [1.29, 1.82) is 5.41 Å². The van der Waals surface area contributed by atoms with Crippen LogP contribution in [0.25, 0.3) is 0 Å². The Morgan fingerprint density at radius 2 is 2.00 bits per heavy atom. The molecule has 1 amide bonds. The monoisotopic (exact) mass is 274 g/mol. The summed E-state index contributed by atoms with van der Waals surface area (Å²) in [5, 5.41) is 11.6. The summed E-state index contributed by atoms with van der Waals surface area (Å²) in [6, 6.07) is 0. The summed E-state index contributed by atoms with van der Waals surface area (Å²) < 4.78 is 0. The summed E-state index contributed by atoms with van der Waals surface area (Å²) >= 11 is 0. The highest BCUT2D eigenvalue weighted by molar-refractivity contribution is 5.96. The van der Waals surface area contributed by atoms with E-state index in [4.69, 9.17) is 11.1 Å². The van der Waals surface area contributed by atoms with Gasteiger partial charge in [-0.2, -0.15) is 0 Å². The average molecular weight is 274 g/mol. The lowest BCUT2D eigenvalue weighted by Gasteiger charge is -2.42. The fourth-order valence-corrected chi connectivity index (χ4v) is 3.92. The van der Waals surface area contributed by atoms with E-state index >= 15 is 0 Å². The molecule has 5 nitrogen and oxygen atoms in total. The van der Waals surface area contributed by atoms with Gasteiger partial charge in [-0.15, -0.1) is 0 Å². The van der Waals surface area contributed by atoms with E-state index in [1.54, 1.807) is 0 Å². The Hall–Kier alpha value is -1.36. The molecule has 0 aromatic carbocycles. The number of nitrogens with two attached hydrogens (primary N) is 1. The Balaban J connectivity index is 1.70. The summed E-state index contributed by atoms with van der Waals surface area (Å²) in [5.41, 5.74) is 8.29. The molecule has 0 spiro atoms. The van der Waals surface area contributed by atoms with Crippen molar-refractivity contribution >= 4 is 11.7 Å². The molecule has 2 saturated carbocycles. The fraction of sp³-hybridized carbons (Fsp3) is 0.733. The lowest BCUT2D eigenvalue weighted by molar-refractivity contribution is -0.125. The standard InChI is InChI=1S/C15H22N4O/c16-12-13(20)18-10-3-1-2-4-11(10)19(12)14(17)15(7-8-15)9-5-6-9/h9,12,17H,1-8,16H2,(H,18,20). The van der Waals surface area contributed by atoms with Gasteiger partial charge in [-0.25, -0.2) is 0 Å². The van der Waals surface area contributed by atoms with Crippen LogP contribution in [0, 0.1) is 16.7 Å². The molecule has 0 radical (unpaired) electrons. The van der Waals surface area contributed by atoms with Crippen LogP contribution in [0.3, 0.4) is 0 Å². The Morgan fingerprint density at radius 3 is 2.65 bits per heavy atom. The van der Waals surface area contributed by atoms with Crippen LogP contribution in [0.4, 0.5) is 0 Å². The van der Waals surface area contributed by atoms with Gasteiger partial charge in [-0.1, -0.05) is 0 Å². The molecule has 1 heterocycles. The quantitative estimate of drug-likeness (QED) is 0.529. The number of carbonyl (C=O) groups excluding carboxylic acids is 1. The molecule has 5 heteroatoms. The maximum absolute atomic E-state index is 12.1. The molecule has 108 valence electrons. The van der Waals surface area contributed by atoms with Gasteiger partial charge in [-0.3, -0.25) is 10.2 Å². The average Bonchev–Trinajstić information content (AvgIpc) is 3.30. The number of nitrogens with one attached hydrogen (secondary N) is 2. The van der Waals surface area contributed by atoms with Crippen LogP contribution in [-0.4, -0.2) is 22.8 Å². The lowest BCUT2D eigenvalue weighted by Crippen LogP contribution is -2.60. The second-order valence-electron chi connectivity index (χ2n) is 6.72. The highest BCUT2D eigenvalue weighted by Gasteiger charge is 2.59. The molecule has 1 aliphatic heterocycles. The number of carbonyl (C=O) groups is 1. The molecule has 4 aliphatic rings. The van der Waals surface area contributed by atoms with Crippen LogP contribution in [0.2, 0.25) is 0 Å². The Bertz CT molecular complexity index is 516. The smallest absolute Gasteiger partial charge is 0.262 e. The van der Waals surface area contributed by atoms with Crippen LogP contribution in [-0.2, 0) is 4.79 Å². The predicted octanol–water partition coefficient (Wildman–Crippen LogP) is 1.66. The van der Waals surface area contributed by atoms with Crippen LogP contribution in [0.5, 0.6) is 0 Å². The van der Waals surface area contributed by atoms with E-state index in [0.717, 1.165) is 49.9 Å². The summed E-state index contributed by atoms with van der Waals surface area (Å²) in [4.78, 5) is 14.0. The third kappa shape index (κ3) is 1.65. The largest absolute Gasteiger partial charge is 0.325 e. The van der Waals surface area contributed by atoms with E-state index in [-0.39, 0.29) is 11.3 Å². The first-order valence-electron chi connectivity index (χ1n) is 7.80. The van der Waals surface area contributed by atoms with Crippen molar-refractivity contribution in [3.8, 4) is 0 Å². The van der Waals surface area contributed by atoms with Crippen molar-refractivity contribution in [2.45, 2.75) is 57.5 Å². The molecule has 0 aromatic heterocycles. The van der Waals surface area contributed by atoms with E-state index in [2.05, 4.69) is 5.32 Å². The van der Waals surface area contributed by atoms with E-state index in [1.165, 1.54) is 12.8 Å². The molecule has 0 aromatic rings. The Kier molecular flexibility index (Phi) is 2.52. The Morgan fingerprint density at radius 1 is 1.30 bits per heavy atom. The predicted molar refractivity (Wildman–Crippen MR) is 75.6 cm³/mol. The van der Waals surface area contributed by atoms with Gasteiger partial charge in [0.2, 0.25) is 0 Å². The summed E-state index contributed by atoms with van der Waals surface area (Å²) in [6.07, 6.45) is 8.06. The van der Waals surface area contributed by atoms with Crippen molar-refractivity contribution in [2.75, 3.05) is 0 Å². The SMILES string of the molecule is N=C(N1C2=C(CCCC2)NC(=O)C1N)C1(C2CC2)CC1. The van der Waals surface area contributed by atoms with E-state index in [1.807, 2.05) is 4.90 Å². The fourth-order valence-electron chi connectivity index (χ4n) is 3.92. The van der Waals surface area contributed by atoms with Gasteiger partial charge >= 0.3 is 0 Å². The van der Waals surface area contributed by atoms with Crippen LogP contribution in [0.15, 0.2) is 11.4 Å². The second-order valence-corrected chi connectivity index (χ2v) is 6.72. The zero-order chi connectivity index (χ0) is 13.9. The maximum atomic E-state index is 12.1. The van der Waals surface area contributed by atoms with Crippen LogP contribution < -0.4 is 11.1 Å². The van der Waals surface area contributed by atoms with E-state index < -0.39 is 6.17 Å². The normalized spacial score (nSPS) is 31.8. The highest BCUT2D eigenvalue weighted by atomic mass is 16.2. The number of allylic oxidation sites excluding steroid dienone is 2. The molecule has 4 rings (SSSR count). The number of rotatable bonds is 2. The van der Waals surface area contributed by atoms with E-state index in [0.29, 0.717) is 11.8 Å². The zero-order valence-corrected chi connectivity index (χ0v) is 11.7. The van der Waals surface area contributed by atoms with Gasteiger partial charge in [0.25, 0.3) is 5.91 Å². The summed E-state index contributed by atoms with van der Waals surface area (Å²) in [6.45, 7) is 0. The third-order valence-corrected chi connectivity index (χ3v) is 5.41. The number of amides is 1. The first kappa shape index (κ1) is 12.4. The first-order chi connectivity index (χ1) is 9.63. The van der Waals surface area contributed by atoms with E-state index in [9.17, 15) is 4.79 Å². The topological polar surface area (TPSA) is 82.2 Å². The third-order valence-electron chi connectivity index (χ3n) is 5.41. The molecule has 0 saturated heterocycles. The Labute approximate surface area is 119 Å². The van der Waals surface area contributed by atoms with Gasteiger partial charge in [0.15, 0.2) is 6.17 Å². The molecule has 20 heavy (non-hydrogen) atoms. The molecular formula is C15H22N4O. The molecule has 4 N–H and O–H groups in total. The number of nitrogens with zero attached hydrogens (tertiary/aromatic N) is 1. The summed E-state index contributed by atoms with van der Waals surface area (Å²) in [5.74, 6) is 1.14. The van der Waals surface area contributed by atoms with Gasteiger partial charge in [0, 0.05) is 16.8 Å². The van der Waals surface area contributed by atoms with Gasteiger partial charge in [0.1, 0.15) is 5.84 Å². The number of hydrogen-bond acceptors (Lipinski definition) is 3. The second kappa shape index (κ2) is 4.07. The van der Waals surface area contributed by atoms with Crippen molar-refractivity contribution in [3.05, 3.63) is 11.4 Å². The molecule has 3 aliphatic carbocycles. The molecule has 2 fully saturated rings. The minimum atomic E-state index is -0.712. The first-order valence-corrected chi connectivity index (χ1v) is 7.80. The number of amidine groups is 1. The van der Waals surface area contributed by atoms with Crippen LogP contribution in [0.1, 0.15) is 51.4 Å². The molecule has 1 atom stereocenters. The van der Waals surface area contributed by atoms with Crippen LogP contribution >= 0.6 is 0 Å². The molecule has 0 bridgehead atoms. The van der Waals surface area contributed by atoms with Crippen molar-refractivity contribution in [1.82, 2.24) is 10.2 Å².